The molecular formula is C6H10N2O. The summed E-state index contributed by atoms with van der Waals surface area (Å²) in [6.07, 6.45) is 1.52. The number of aliphatic imine (C=N–C) groups is 1. The number of hydrogen-bond donors (Lipinski definition) is 1. The Hall–Kier alpha value is -1.12. The first-order valence-electron chi connectivity index (χ1n) is 2.60. The van der Waals surface area contributed by atoms with Gasteiger partial charge in [-0.05, 0) is 13.0 Å². The van der Waals surface area contributed by atoms with Crippen molar-refractivity contribution in [3.8, 4) is 0 Å². The molecule has 0 rings (SSSR count). The molecule has 0 aromatic rings. The molecule has 1 N–H and O–H groups in total. The van der Waals surface area contributed by atoms with Crippen molar-refractivity contribution in [2.24, 2.45) is 4.99 Å². The first-order valence-corrected chi connectivity index (χ1v) is 2.60. The van der Waals surface area contributed by atoms with Crippen molar-refractivity contribution in [2.45, 2.75) is 6.92 Å². The van der Waals surface area contributed by atoms with Gasteiger partial charge in [0.2, 0.25) is 0 Å². The standard InChI is InChI=1S/C6H10N2O/c1-4-5(2)8-6(9)7-3/h4H,1H2,2-3H3,(H,7,9). The van der Waals surface area contributed by atoms with Gasteiger partial charge in [-0.2, -0.15) is 4.99 Å². The Morgan fingerprint density at radius 1 is 1.78 bits per heavy atom. The second-order valence-electron chi connectivity index (χ2n) is 1.51. The highest BCUT2D eigenvalue weighted by Gasteiger charge is 1.89. The van der Waals surface area contributed by atoms with Gasteiger partial charge >= 0.3 is 6.03 Å². The van der Waals surface area contributed by atoms with Crippen LogP contribution in [0.1, 0.15) is 6.92 Å². The summed E-state index contributed by atoms with van der Waals surface area (Å²) in [4.78, 5) is 14.0. The number of hydrogen-bond acceptors (Lipinski definition) is 1. The van der Waals surface area contributed by atoms with Crippen molar-refractivity contribution >= 4 is 11.7 Å². The minimum atomic E-state index is -0.340. The molecule has 50 valence electrons. The van der Waals surface area contributed by atoms with Gasteiger partial charge < -0.3 is 5.32 Å². The Balaban J connectivity index is 3.94. The molecule has 0 aliphatic heterocycles. The molecule has 3 heteroatoms. The predicted octanol–water partition coefficient (Wildman–Crippen LogP) is 0.973. The first kappa shape index (κ1) is 7.88. The number of nitrogens with one attached hydrogen (secondary N) is 1. The molecule has 2 amide bonds. The Labute approximate surface area is 54.5 Å². The Morgan fingerprint density at radius 2 is 2.33 bits per heavy atom. The third-order valence-electron chi connectivity index (χ3n) is 0.787. The summed E-state index contributed by atoms with van der Waals surface area (Å²) in [5.74, 6) is 0. The smallest absolute Gasteiger partial charge is 0.339 e. The van der Waals surface area contributed by atoms with Crippen LogP contribution in [0, 0.1) is 0 Å². The molecule has 0 bridgehead atoms. The predicted molar refractivity (Wildman–Crippen MR) is 37.8 cm³/mol. The molecular weight excluding hydrogens is 116 g/mol. The zero-order valence-corrected chi connectivity index (χ0v) is 5.64. The van der Waals surface area contributed by atoms with E-state index in [2.05, 4.69) is 16.9 Å². The highest BCUT2D eigenvalue weighted by Crippen LogP contribution is 1.78. The second-order valence-corrected chi connectivity index (χ2v) is 1.51. The van der Waals surface area contributed by atoms with Crippen LogP contribution in [-0.4, -0.2) is 18.8 Å². The molecule has 0 heterocycles. The van der Waals surface area contributed by atoms with Crippen molar-refractivity contribution in [3.63, 3.8) is 0 Å². The number of rotatable bonds is 1. The van der Waals surface area contributed by atoms with Crippen molar-refractivity contribution in [3.05, 3.63) is 12.7 Å². The van der Waals surface area contributed by atoms with Gasteiger partial charge in [0, 0.05) is 12.8 Å². The summed E-state index contributed by atoms with van der Waals surface area (Å²) in [5, 5.41) is 2.36. The van der Waals surface area contributed by atoms with Gasteiger partial charge in [0.15, 0.2) is 0 Å². The summed E-state index contributed by atoms with van der Waals surface area (Å²) in [6.45, 7) is 5.15. The molecule has 0 radical (unpaired) electrons. The van der Waals surface area contributed by atoms with Crippen LogP contribution in [0.2, 0.25) is 0 Å². The lowest BCUT2D eigenvalue weighted by Gasteiger charge is -1.89. The Kier molecular flexibility index (Phi) is 3.35. The molecule has 0 spiro atoms. The largest absolute Gasteiger partial charge is 0.340 e. The lowest BCUT2D eigenvalue weighted by molar-refractivity contribution is 0.251. The van der Waals surface area contributed by atoms with Gasteiger partial charge in [-0.15, -0.1) is 0 Å². The maximum Gasteiger partial charge on any atom is 0.340 e. The van der Waals surface area contributed by atoms with Gasteiger partial charge in [0.25, 0.3) is 0 Å². The van der Waals surface area contributed by atoms with Crippen molar-refractivity contribution < 1.29 is 4.79 Å². The summed E-state index contributed by atoms with van der Waals surface area (Å²) in [6, 6.07) is -0.340. The minimum Gasteiger partial charge on any atom is -0.339 e. The number of carbonyl (C=O) groups is 1. The topological polar surface area (TPSA) is 41.5 Å². The summed E-state index contributed by atoms with van der Waals surface area (Å²) in [5.41, 5.74) is 0.620. The molecule has 0 aromatic carbocycles. The normalized spacial score (nSPS) is 10.7. The van der Waals surface area contributed by atoms with Crippen LogP contribution in [-0.2, 0) is 0 Å². The minimum absolute atomic E-state index is 0.340. The molecule has 0 saturated carbocycles. The number of allylic oxidation sites excluding steroid dienone is 1. The van der Waals surface area contributed by atoms with E-state index in [0.717, 1.165) is 0 Å². The highest BCUT2D eigenvalue weighted by atomic mass is 16.2. The number of nitrogens with zero attached hydrogens (tertiary/aromatic N) is 1. The highest BCUT2D eigenvalue weighted by molar-refractivity contribution is 5.99. The number of urea groups is 1. The number of amides is 2. The fourth-order valence-corrected chi connectivity index (χ4v) is 0.262. The first-order chi connectivity index (χ1) is 4.20. The van der Waals surface area contributed by atoms with Crippen molar-refractivity contribution in [1.29, 1.82) is 0 Å². The molecule has 0 saturated heterocycles. The van der Waals surface area contributed by atoms with E-state index in [0.29, 0.717) is 5.71 Å². The van der Waals surface area contributed by atoms with Crippen LogP contribution in [0.5, 0.6) is 0 Å². The molecule has 9 heavy (non-hydrogen) atoms. The quantitative estimate of drug-likeness (QED) is 0.522. The SMILES string of the molecule is C=CC(C)=NC(=O)NC. The monoisotopic (exact) mass is 126 g/mol. The Bertz CT molecular complexity index is 149. The lowest BCUT2D eigenvalue weighted by Crippen LogP contribution is -2.13. The maximum atomic E-state index is 10.4. The lowest BCUT2D eigenvalue weighted by atomic mass is 10.4. The van der Waals surface area contributed by atoms with E-state index in [1.54, 1.807) is 6.92 Å². The van der Waals surface area contributed by atoms with Gasteiger partial charge in [-0.3, -0.25) is 0 Å². The molecule has 0 unspecified atom stereocenters. The van der Waals surface area contributed by atoms with Crippen molar-refractivity contribution in [1.82, 2.24) is 5.32 Å². The van der Waals surface area contributed by atoms with Crippen LogP contribution in [0.3, 0.4) is 0 Å². The molecule has 0 atom stereocenters. The molecule has 3 nitrogen and oxygen atoms in total. The van der Waals surface area contributed by atoms with Crippen LogP contribution >= 0.6 is 0 Å². The van der Waals surface area contributed by atoms with Gasteiger partial charge in [0.1, 0.15) is 0 Å². The average molecular weight is 126 g/mol. The zero-order valence-electron chi connectivity index (χ0n) is 5.64. The summed E-state index contributed by atoms with van der Waals surface area (Å²) in [7, 11) is 1.53. The maximum absolute atomic E-state index is 10.4. The number of carbonyl (C=O) groups excluding carboxylic acids is 1. The zero-order chi connectivity index (χ0) is 7.28. The van der Waals surface area contributed by atoms with E-state index in [1.807, 2.05) is 0 Å². The second kappa shape index (κ2) is 3.83. The molecule has 0 aliphatic carbocycles. The van der Waals surface area contributed by atoms with Crippen molar-refractivity contribution in [2.75, 3.05) is 7.05 Å². The van der Waals surface area contributed by atoms with E-state index < -0.39 is 0 Å². The molecule has 0 fully saturated rings. The summed E-state index contributed by atoms with van der Waals surface area (Å²) >= 11 is 0. The average Bonchev–Trinajstić information content (AvgIpc) is 1.87. The van der Waals surface area contributed by atoms with Crippen LogP contribution in [0.4, 0.5) is 4.79 Å². The van der Waals surface area contributed by atoms with E-state index in [4.69, 9.17) is 0 Å². The van der Waals surface area contributed by atoms with Gasteiger partial charge in [0.05, 0.1) is 0 Å². The van der Waals surface area contributed by atoms with E-state index in [9.17, 15) is 4.79 Å². The summed E-state index contributed by atoms with van der Waals surface area (Å²) < 4.78 is 0. The third kappa shape index (κ3) is 3.46. The third-order valence-corrected chi connectivity index (χ3v) is 0.787. The van der Waals surface area contributed by atoms with Crippen LogP contribution < -0.4 is 5.32 Å². The van der Waals surface area contributed by atoms with Gasteiger partial charge in [-0.1, -0.05) is 6.58 Å². The van der Waals surface area contributed by atoms with E-state index in [-0.39, 0.29) is 6.03 Å². The van der Waals surface area contributed by atoms with E-state index in [1.165, 1.54) is 13.1 Å². The molecule has 0 aliphatic rings. The van der Waals surface area contributed by atoms with Gasteiger partial charge in [-0.25, -0.2) is 4.79 Å². The van der Waals surface area contributed by atoms with Crippen LogP contribution in [0.25, 0.3) is 0 Å². The van der Waals surface area contributed by atoms with E-state index >= 15 is 0 Å². The fraction of sp³-hybridized carbons (Fsp3) is 0.333. The Morgan fingerprint density at radius 3 is 2.67 bits per heavy atom. The van der Waals surface area contributed by atoms with Crippen LogP contribution in [0.15, 0.2) is 17.6 Å². The fourth-order valence-electron chi connectivity index (χ4n) is 0.262. The molecule has 0 aromatic heterocycles.